The fourth-order valence-corrected chi connectivity index (χ4v) is 3.02. The lowest BCUT2D eigenvalue weighted by molar-refractivity contribution is 0.00515. The number of rotatable bonds is 3. The van der Waals surface area contributed by atoms with E-state index in [2.05, 4.69) is 42.2 Å². The monoisotopic (exact) mass is 419 g/mol. The van der Waals surface area contributed by atoms with Gasteiger partial charge in [-0.15, -0.1) is 0 Å². The van der Waals surface area contributed by atoms with E-state index in [1.807, 2.05) is 26.8 Å². The van der Waals surface area contributed by atoms with E-state index in [1.165, 1.54) is 0 Å². The first-order chi connectivity index (χ1) is 9.74. The molecule has 1 fully saturated rings. The molecule has 5 nitrogen and oxygen atoms in total. The molecule has 1 aliphatic rings. The summed E-state index contributed by atoms with van der Waals surface area (Å²) in [6, 6.07) is 2.26. The first kappa shape index (κ1) is 16.7. The van der Waals surface area contributed by atoms with Crippen molar-refractivity contribution in [3.05, 3.63) is 26.9 Å². The zero-order valence-electron chi connectivity index (χ0n) is 12.3. The Morgan fingerprint density at radius 3 is 2.71 bits per heavy atom. The molecule has 0 unspecified atom stereocenters. The highest BCUT2D eigenvalue weighted by Crippen LogP contribution is 2.20. The lowest BCUT2D eigenvalue weighted by Gasteiger charge is -2.40. The van der Waals surface area contributed by atoms with Gasteiger partial charge in [0, 0.05) is 40.8 Å². The molecule has 7 heteroatoms. The van der Waals surface area contributed by atoms with Gasteiger partial charge in [-0.1, -0.05) is 0 Å². The molecule has 1 aromatic heterocycles. The fourth-order valence-electron chi connectivity index (χ4n) is 1.90. The maximum Gasteiger partial charge on any atom is 0.410 e. The molecule has 0 radical (unpaired) electrons. The van der Waals surface area contributed by atoms with Crippen LogP contribution in [0.25, 0.3) is 0 Å². The summed E-state index contributed by atoms with van der Waals surface area (Å²) in [5, 5.41) is 3.39. The van der Waals surface area contributed by atoms with Gasteiger partial charge in [-0.2, -0.15) is 0 Å². The highest BCUT2D eigenvalue weighted by atomic mass is 79.9. The molecule has 0 atom stereocenters. The predicted octanol–water partition coefficient (Wildman–Crippen LogP) is 3.32. The van der Waals surface area contributed by atoms with Gasteiger partial charge in [0.05, 0.1) is 5.69 Å². The van der Waals surface area contributed by atoms with Crippen LogP contribution < -0.4 is 5.32 Å². The van der Waals surface area contributed by atoms with Crippen LogP contribution in [0.5, 0.6) is 0 Å². The lowest BCUT2D eigenvalue weighted by atomic mass is 10.1. The maximum absolute atomic E-state index is 11.8. The molecule has 2 heterocycles. The number of carbonyl (C=O) groups excluding carboxylic acids is 1. The number of carbonyl (C=O) groups is 1. The number of likely N-dealkylation sites (tertiary alicyclic amines) is 1. The Kier molecular flexibility index (Phi) is 5.27. The first-order valence-electron chi connectivity index (χ1n) is 6.76. The van der Waals surface area contributed by atoms with Crippen molar-refractivity contribution in [3.63, 3.8) is 0 Å². The summed E-state index contributed by atoms with van der Waals surface area (Å²) in [5.41, 5.74) is 0.510. The van der Waals surface area contributed by atoms with Crippen LogP contribution in [0.4, 0.5) is 4.79 Å². The smallest absolute Gasteiger partial charge is 0.410 e. The molecule has 116 valence electrons. The van der Waals surface area contributed by atoms with Gasteiger partial charge in [0.2, 0.25) is 0 Å². The summed E-state index contributed by atoms with van der Waals surface area (Å²) in [5.74, 6) is 0. The number of amides is 1. The highest BCUT2D eigenvalue weighted by molar-refractivity contribution is 9.11. The van der Waals surface area contributed by atoms with Crippen LogP contribution in [0.3, 0.4) is 0 Å². The average molecular weight is 421 g/mol. The Morgan fingerprint density at radius 1 is 1.48 bits per heavy atom. The number of halogens is 2. The Balaban J connectivity index is 1.75. The van der Waals surface area contributed by atoms with Crippen molar-refractivity contribution in [3.8, 4) is 0 Å². The minimum atomic E-state index is -0.443. The second-order valence-electron chi connectivity index (χ2n) is 6.05. The molecule has 21 heavy (non-hydrogen) atoms. The molecule has 1 saturated heterocycles. The summed E-state index contributed by atoms with van der Waals surface area (Å²) < 4.78 is 7.23. The SMILES string of the molecule is CC(C)(C)OC(=O)N1CC(NCc2ncc(Br)cc2Br)C1. The van der Waals surface area contributed by atoms with Gasteiger partial charge in [-0.25, -0.2) is 4.79 Å². The van der Waals surface area contributed by atoms with Gasteiger partial charge < -0.3 is 15.0 Å². The molecule has 0 aromatic carbocycles. The van der Waals surface area contributed by atoms with Crippen molar-refractivity contribution >= 4 is 38.0 Å². The average Bonchev–Trinajstić information content (AvgIpc) is 2.27. The number of hydrogen-bond donors (Lipinski definition) is 1. The van der Waals surface area contributed by atoms with Crippen molar-refractivity contribution in [2.45, 2.75) is 39.0 Å². The second kappa shape index (κ2) is 6.62. The van der Waals surface area contributed by atoms with E-state index < -0.39 is 5.60 Å². The highest BCUT2D eigenvalue weighted by Gasteiger charge is 2.33. The Labute approximate surface area is 141 Å². The van der Waals surface area contributed by atoms with Crippen molar-refractivity contribution in [1.29, 1.82) is 0 Å². The van der Waals surface area contributed by atoms with Gasteiger partial charge in [0.1, 0.15) is 5.60 Å². The normalized spacial score (nSPS) is 15.8. The van der Waals surface area contributed by atoms with E-state index in [9.17, 15) is 4.79 Å². The van der Waals surface area contributed by atoms with E-state index in [0.717, 1.165) is 14.6 Å². The number of ether oxygens (including phenoxy) is 1. The molecule has 1 N–H and O–H groups in total. The zero-order valence-corrected chi connectivity index (χ0v) is 15.5. The Morgan fingerprint density at radius 2 is 2.14 bits per heavy atom. The lowest BCUT2D eigenvalue weighted by Crippen LogP contribution is -2.60. The maximum atomic E-state index is 11.8. The molecule has 1 aromatic rings. The topological polar surface area (TPSA) is 54.5 Å². The van der Waals surface area contributed by atoms with Gasteiger partial charge in [-0.05, 0) is 58.7 Å². The van der Waals surface area contributed by atoms with E-state index in [1.54, 1.807) is 11.1 Å². The van der Waals surface area contributed by atoms with E-state index in [-0.39, 0.29) is 12.1 Å². The molecule has 1 aliphatic heterocycles. The third-order valence-electron chi connectivity index (χ3n) is 2.98. The molecule has 0 aliphatic carbocycles. The summed E-state index contributed by atoms with van der Waals surface area (Å²) >= 11 is 6.87. The van der Waals surface area contributed by atoms with Crippen LogP contribution in [0.15, 0.2) is 21.2 Å². The van der Waals surface area contributed by atoms with Crippen molar-refractivity contribution in [2.24, 2.45) is 0 Å². The van der Waals surface area contributed by atoms with Crippen molar-refractivity contribution < 1.29 is 9.53 Å². The van der Waals surface area contributed by atoms with E-state index >= 15 is 0 Å². The minimum Gasteiger partial charge on any atom is -0.444 e. The number of aromatic nitrogens is 1. The van der Waals surface area contributed by atoms with Crippen molar-refractivity contribution in [2.75, 3.05) is 13.1 Å². The molecule has 1 amide bonds. The van der Waals surface area contributed by atoms with Gasteiger partial charge >= 0.3 is 6.09 Å². The van der Waals surface area contributed by atoms with Crippen LogP contribution in [0.2, 0.25) is 0 Å². The Bertz CT molecular complexity index is 525. The first-order valence-corrected chi connectivity index (χ1v) is 8.34. The predicted molar refractivity (Wildman–Crippen MR) is 88.1 cm³/mol. The van der Waals surface area contributed by atoms with Crippen LogP contribution in [0.1, 0.15) is 26.5 Å². The van der Waals surface area contributed by atoms with Crippen molar-refractivity contribution in [1.82, 2.24) is 15.2 Å². The minimum absolute atomic E-state index is 0.247. The summed E-state index contributed by atoms with van der Waals surface area (Å²) in [6.45, 7) is 7.62. The molecule has 0 spiro atoms. The number of nitrogens with zero attached hydrogens (tertiary/aromatic N) is 2. The third-order valence-corrected chi connectivity index (χ3v) is 4.10. The largest absolute Gasteiger partial charge is 0.444 e. The van der Waals surface area contributed by atoms with Gasteiger partial charge in [0.25, 0.3) is 0 Å². The third kappa shape index (κ3) is 4.93. The Hall–Kier alpha value is -0.660. The van der Waals surface area contributed by atoms with E-state index in [4.69, 9.17) is 4.74 Å². The van der Waals surface area contributed by atoms with Crippen LogP contribution in [-0.4, -0.2) is 40.7 Å². The van der Waals surface area contributed by atoms with E-state index in [0.29, 0.717) is 19.6 Å². The van der Waals surface area contributed by atoms with Gasteiger partial charge in [0.15, 0.2) is 0 Å². The standard InChI is InChI=1S/C14H19Br2N3O2/c1-14(2,3)21-13(20)19-7-10(8-19)17-6-12-11(16)4-9(15)5-18-12/h4-5,10,17H,6-8H2,1-3H3. The molecule has 2 rings (SSSR count). The summed E-state index contributed by atoms with van der Waals surface area (Å²) in [7, 11) is 0. The number of hydrogen-bond acceptors (Lipinski definition) is 4. The van der Waals surface area contributed by atoms with Crippen LogP contribution >= 0.6 is 31.9 Å². The van der Waals surface area contributed by atoms with Crippen LogP contribution in [-0.2, 0) is 11.3 Å². The fraction of sp³-hybridized carbons (Fsp3) is 0.571. The summed E-state index contributed by atoms with van der Waals surface area (Å²) in [4.78, 5) is 17.9. The molecular weight excluding hydrogens is 402 g/mol. The summed E-state index contributed by atoms with van der Waals surface area (Å²) in [6.07, 6.45) is 1.53. The zero-order chi connectivity index (χ0) is 15.6. The second-order valence-corrected chi connectivity index (χ2v) is 7.82. The molecule has 0 saturated carbocycles. The number of pyridine rings is 1. The van der Waals surface area contributed by atoms with Gasteiger partial charge in [-0.3, -0.25) is 4.98 Å². The quantitative estimate of drug-likeness (QED) is 0.814. The molecule has 0 bridgehead atoms. The molecular formula is C14H19Br2N3O2. The number of nitrogens with one attached hydrogen (secondary N) is 1. The van der Waals surface area contributed by atoms with Crippen LogP contribution in [0, 0.1) is 0 Å².